The van der Waals surface area contributed by atoms with Crippen LogP contribution in [0.3, 0.4) is 0 Å². The number of nitrogens with zero attached hydrogens (tertiary/aromatic N) is 4. The predicted molar refractivity (Wildman–Crippen MR) is 101 cm³/mol. The molecule has 3 rings (SSSR count). The van der Waals surface area contributed by atoms with Crippen LogP contribution in [0, 0.1) is 6.92 Å². The van der Waals surface area contributed by atoms with Gasteiger partial charge in [-0.25, -0.2) is 4.98 Å². The number of thiazole rings is 1. The number of hydrogen-bond donors (Lipinski definition) is 1. The SMILES string of the molecule is Cc1nc(-c2cnn(C)c2)sc1C(=O)N1CCCCC1CN.Cl.Cl. The number of halogens is 2. The Morgan fingerprint density at radius 1 is 1.42 bits per heavy atom. The van der Waals surface area contributed by atoms with Crippen molar-refractivity contribution in [3.05, 3.63) is 23.0 Å². The lowest BCUT2D eigenvalue weighted by Crippen LogP contribution is -2.47. The lowest BCUT2D eigenvalue weighted by molar-refractivity contribution is 0.0627. The second-order valence-electron chi connectivity index (χ2n) is 5.72. The van der Waals surface area contributed by atoms with Crippen molar-refractivity contribution >= 4 is 42.1 Å². The molecule has 0 bridgehead atoms. The van der Waals surface area contributed by atoms with Gasteiger partial charge in [0, 0.05) is 37.9 Å². The van der Waals surface area contributed by atoms with Crippen LogP contribution >= 0.6 is 36.2 Å². The molecule has 1 unspecified atom stereocenters. The van der Waals surface area contributed by atoms with Gasteiger partial charge in [-0.3, -0.25) is 9.48 Å². The van der Waals surface area contributed by atoms with E-state index in [9.17, 15) is 4.79 Å². The molecule has 134 valence electrons. The summed E-state index contributed by atoms with van der Waals surface area (Å²) in [5.41, 5.74) is 7.56. The van der Waals surface area contributed by atoms with Crippen LogP contribution in [-0.4, -0.2) is 44.7 Å². The van der Waals surface area contributed by atoms with E-state index in [2.05, 4.69) is 10.1 Å². The lowest BCUT2D eigenvalue weighted by Gasteiger charge is -2.34. The summed E-state index contributed by atoms with van der Waals surface area (Å²) in [5, 5.41) is 5.01. The number of aryl methyl sites for hydroxylation is 2. The van der Waals surface area contributed by atoms with E-state index in [-0.39, 0.29) is 36.8 Å². The Kier molecular flexibility index (Phi) is 7.66. The molecule has 3 heterocycles. The van der Waals surface area contributed by atoms with Crippen molar-refractivity contribution in [3.8, 4) is 10.6 Å². The van der Waals surface area contributed by atoms with Crippen LogP contribution in [0.1, 0.15) is 34.6 Å². The van der Waals surface area contributed by atoms with Gasteiger partial charge in [-0.2, -0.15) is 5.10 Å². The molecule has 0 spiro atoms. The van der Waals surface area contributed by atoms with Crippen LogP contribution < -0.4 is 5.73 Å². The Morgan fingerprint density at radius 2 is 2.17 bits per heavy atom. The highest BCUT2D eigenvalue weighted by Crippen LogP contribution is 2.30. The molecular weight excluding hydrogens is 369 g/mol. The van der Waals surface area contributed by atoms with E-state index >= 15 is 0 Å². The zero-order valence-corrected chi connectivity index (χ0v) is 16.2. The summed E-state index contributed by atoms with van der Waals surface area (Å²) in [6.45, 7) is 3.21. The molecule has 2 aromatic heterocycles. The number of rotatable bonds is 3. The van der Waals surface area contributed by atoms with E-state index in [1.54, 1.807) is 10.9 Å². The summed E-state index contributed by atoms with van der Waals surface area (Å²) < 4.78 is 1.74. The number of nitrogens with two attached hydrogens (primary N) is 1. The molecule has 1 fully saturated rings. The maximum absolute atomic E-state index is 12.9. The molecule has 9 heteroatoms. The molecule has 0 aromatic carbocycles. The summed E-state index contributed by atoms with van der Waals surface area (Å²) in [6.07, 6.45) is 6.88. The summed E-state index contributed by atoms with van der Waals surface area (Å²) in [6, 6.07) is 0.157. The Hall–Kier alpha value is -1.15. The van der Waals surface area contributed by atoms with Crippen molar-refractivity contribution in [2.75, 3.05) is 13.1 Å². The molecule has 24 heavy (non-hydrogen) atoms. The largest absolute Gasteiger partial charge is 0.334 e. The third-order valence-electron chi connectivity index (χ3n) is 4.10. The van der Waals surface area contributed by atoms with Gasteiger partial charge in [-0.15, -0.1) is 36.2 Å². The lowest BCUT2D eigenvalue weighted by atomic mass is 10.0. The molecule has 0 aliphatic carbocycles. The first kappa shape index (κ1) is 20.9. The molecule has 1 saturated heterocycles. The van der Waals surface area contributed by atoms with E-state index < -0.39 is 0 Å². The van der Waals surface area contributed by atoms with Gasteiger partial charge in [0.05, 0.1) is 11.9 Å². The van der Waals surface area contributed by atoms with Crippen molar-refractivity contribution in [1.29, 1.82) is 0 Å². The van der Waals surface area contributed by atoms with E-state index in [4.69, 9.17) is 5.73 Å². The van der Waals surface area contributed by atoms with Gasteiger partial charge in [-0.1, -0.05) is 0 Å². The van der Waals surface area contributed by atoms with Crippen molar-refractivity contribution in [2.24, 2.45) is 12.8 Å². The number of carbonyl (C=O) groups is 1. The number of likely N-dealkylation sites (tertiary alicyclic amines) is 1. The fourth-order valence-electron chi connectivity index (χ4n) is 2.89. The first-order valence-electron chi connectivity index (χ1n) is 7.57. The Balaban J connectivity index is 0.00000144. The number of hydrogen-bond acceptors (Lipinski definition) is 5. The monoisotopic (exact) mass is 391 g/mol. The average Bonchev–Trinajstić information content (AvgIpc) is 3.12. The molecular formula is C15H23Cl2N5OS. The zero-order valence-electron chi connectivity index (χ0n) is 13.8. The minimum Gasteiger partial charge on any atom is -0.334 e. The average molecular weight is 392 g/mol. The van der Waals surface area contributed by atoms with Gasteiger partial charge in [0.2, 0.25) is 0 Å². The van der Waals surface area contributed by atoms with Gasteiger partial charge in [-0.05, 0) is 26.2 Å². The fraction of sp³-hybridized carbons (Fsp3) is 0.533. The van der Waals surface area contributed by atoms with E-state index in [0.717, 1.165) is 46.9 Å². The fourth-order valence-corrected chi connectivity index (χ4v) is 3.89. The summed E-state index contributed by atoms with van der Waals surface area (Å²) in [5.74, 6) is 0.0697. The molecule has 1 amide bonds. The van der Waals surface area contributed by atoms with Gasteiger partial charge in [0.15, 0.2) is 0 Å². The Bertz CT molecular complexity index is 687. The van der Waals surface area contributed by atoms with Crippen LogP contribution in [0.5, 0.6) is 0 Å². The standard InChI is InChI=1S/C15H21N5OS.2ClH/c1-10-13(15(21)20-6-4-3-5-12(20)7-16)22-14(18-10)11-8-17-19(2)9-11;;/h8-9,12H,3-7,16H2,1-2H3;2*1H. The molecule has 0 radical (unpaired) electrons. The van der Waals surface area contributed by atoms with E-state index in [1.807, 2.05) is 25.1 Å². The zero-order chi connectivity index (χ0) is 15.7. The van der Waals surface area contributed by atoms with Crippen LogP contribution in [0.4, 0.5) is 0 Å². The minimum absolute atomic E-state index is 0. The Labute approximate surface area is 158 Å². The van der Waals surface area contributed by atoms with Gasteiger partial charge < -0.3 is 10.6 Å². The maximum Gasteiger partial charge on any atom is 0.266 e. The Morgan fingerprint density at radius 3 is 2.79 bits per heavy atom. The third-order valence-corrected chi connectivity index (χ3v) is 5.30. The number of piperidine rings is 1. The van der Waals surface area contributed by atoms with Crippen LogP contribution in [0.2, 0.25) is 0 Å². The van der Waals surface area contributed by atoms with E-state index in [0.29, 0.717) is 6.54 Å². The number of aromatic nitrogens is 3. The molecule has 6 nitrogen and oxygen atoms in total. The number of amides is 1. The van der Waals surface area contributed by atoms with Crippen molar-refractivity contribution in [1.82, 2.24) is 19.7 Å². The smallest absolute Gasteiger partial charge is 0.266 e. The van der Waals surface area contributed by atoms with Crippen LogP contribution in [-0.2, 0) is 7.05 Å². The summed E-state index contributed by atoms with van der Waals surface area (Å²) >= 11 is 1.44. The molecule has 1 aliphatic heterocycles. The minimum atomic E-state index is 0. The quantitative estimate of drug-likeness (QED) is 0.871. The highest BCUT2D eigenvalue weighted by molar-refractivity contribution is 7.17. The van der Waals surface area contributed by atoms with Gasteiger partial charge >= 0.3 is 0 Å². The van der Waals surface area contributed by atoms with Crippen molar-refractivity contribution in [3.63, 3.8) is 0 Å². The molecule has 1 aliphatic rings. The molecule has 0 saturated carbocycles. The molecule has 2 aromatic rings. The summed E-state index contributed by atoms with van der Waals surface area (Å²) in [7, 11) is 1.87. The second-order valence-corrected chi connectivity index (χ2v) is 6.72. The van der Waals surface area contributed by atoms with Crippen molar-refractivity contribution in [2.45, 2.75) is 32.2 Å². The normalized spacial score (nSPS) is 17.1. The van der Waals surface area contributed by atoms with E-state index in [1.165, 1.54) is 11.3 Å². The first-order chi connectivity index (χ1) is 10.6. The maximum atomic E-state index is 12.9. The first-order valence-corrected chi connectivity index (χ1v) is 8.39. The van der Waals surface area contributed by atoms with Crippen LogP contribution in [0.25, 0.3) is 10.6 Å². The molecule has 2 N–H and O–H groups in total. The highest BCUT2D eigenvalue weighted by atomic mass is 35.5. The topological polar surface area (TPSA) is 77.0 Å². The van der Waals surface area contributed by atoms with Gasteiger partial charge in [0.1, 0.15) is 9.88 Å². The van der Waals surface area contributed by atoms with Crippen molar-refractivity contribution < 1.29 is 4.79 Å². The molecule has 1 atom stereocenters. The third kappa shape index (κ3) is 4.08. The number of carbonyl (C=O) groups excluding carboxylic acids is 1. The van der Waals surface area contributed by atoms with Gasteiger partial charge in [0.25, 0.3) is 5.91 Å². The van der Waals surface area contributed by atoms with Crippen LogP contribution in [0.15, 0.2) is 12.4 Å². The second kappa shape index (κ2) is 8.80. The summed E-state index contributed by atoms with van der Waals surface area (Å²) in [4.78, 5) is 20.1. The highest BCUT2D eigenvalue weighted by Gasteiger charge is 2.29. The predicted octanol–water partition coefficient (Wildman–Crippen LogP) is 2.65.